The Kier molecular flexibility index (Phi) is 6.41. The van der Waals surface area contributed by atoms with Crippen LogP contribution in [0.4, 0.5) is 5.69 Å². The second-order valence-electron chi connectivity index (χ2n) is 6.62. The van der Waals surface area contributed by atoms with Crippen LogP contribution in [-0.4, -0.2) is 27.2 Å². The van der Waals surface area contributed by atoms with E-state index in [1.165, 1.54) is 11.3 Å². The van der Waals surface area contributed by atoms with E-state index in [0.29, 0.717) is 0 Å². The molecule has 0 aromatic heterocycles. The van der Waals surface area contributed by atoms with Crippen molar-refractivity contribution in [3.05, 3.63) is 66.2 Å². The number of hydrogen-bond acceptors (Lipinski definition) is 2. The van der Waals surface area contributed by atoms with Crippen molar-refractivity contribution in [3.63, 3.8) is 0 Å². The zero-order valence-electron chi connectivity index (χ0n) is 14.3. The molecule has 0 aliphatic carbocycles. The molecule has 2 N–H and O–H groups in total. The predicted octanol–water partition coefficient (Wildman–Crippen LogP) is 4.36. The van der Waals surface area contributed by atoms with E-state index in [2.05, 4.69) is 66.3 Å². The third kappa shape index (κ3) is 6.70. The average molecular weight is 326 g/mol. The summed E-state index contributed by atoms with van der Waals surface area (Å²) < 4.78 is 0. The maximum Gasteiger partial charge on any atom is 0.145 e. The standard InChI is InChI=1S/C19H27N3Si/c1-23(2,3)22-19(17-11-6-4-7-12-17)21-16-10-15-20-18-13-8-5-9-14-18/h4-9,11-14,20H,10,15-16H2,1-3H3,(H,21,22). The van der Waals surface area contributed by atoms with Gasteiger partial charge in [0.25, 0.3) is 0 Å². The molecule has 0 aliphatic heterocycles. The molecule has 0 aliphatic rings. The molecule has 2 aromatic rings. The summed E-state index contributed by atoms with van der Waals surface area (Å²) >= 11 is 0. The maximum absolute atomic E-state index is 4.81. The van der Waals surface area contributed by atoms with Crippen LogP contribution >= 0.6 is 0 Å². The summed E-state index contributed by atoms with van der Waals surface area (Å²) in [4.78, 5) is 8.46. The van der Waals surface area contributed by atoms with Crippen molar-refractivity contribution < 1.29 is 0 Å². The van der Waals surface area contributed by atoms with E-state index in [1.807, 2.05) is 24.3 Å². The van der Waals surface area contributed by atoms with Crippen molar-refractivity contribution in [3.8, 4) is 0 Å². The van der Waals surface area contributed by atoms with Gasteiger partial charge in [-0.15, -0.1) is 0 Å². The zero-order valence-corrected chi connectivity index (χ0v) is 15.3. The molecule has 2 aromatic carbocycles. The minimum atomic E-state index is -1.42. The Morgan fingerprint density at radius 3 is 2.13 bits per heavy atom. The van der Waals surface area contributed by atoms with E-state index in [9.17, 15) is 0 Å². The van der Waals surface area contributed by atoms with Gasteiger partial charge in [-0.25, -0.2) is 0 Å². The van der Waals surface area contributed by atoms with Gasteiger partial charge in [0, 0.05) is 24.3 Å². The molecule has 0 fully saturated rings. The van der Waals surface area contributed by atoms with Gasteiger partial charge in [0.15, 0.2) is 0 Å². The SMILES string of the molecule is C[Si](C)(C)NC(=NCCCNc1ccccc1)c1ccccc1. The molecule has 0 bridgehead atoms. The molecule has 0 amide bonds. The van der Waals surface area contributed by atoms with E-state index >= 15 is 0 Å². The molecular formula is C19H27N3Si. The Hall–Kier alpha value is -2.07. The summed E-state index contributed by atoms with van der Waals surface area (Å²) in [5.41, 5.74) is 2.34. The lowest BCUT2D eigenvalue weighted by molar-refractivity contribution is 0.871. The van der Waals surface area contributed by atoms with Gasteiger partial charge >= 0.3 is 0 Å². The Morgan fingerprint density at radius 2 is 1.52 bits per heavy atom. The fraction of sp³-hybridized carbons (Fsp3) is 0.316. The number of anilines is 1. The number of aliphatic imine (C=N–C) groups is 1. The second kappa shape index (κ2) is 8.53. The van der Waals surface area contributed by atoms with Gasteiger partial charge in [-0.2, -0.15) is 0 Å². The maximum atomic E-state index is 4.81. The minimum Gasteiger partial charge on any atom is -0.396 e. The third-order valence-electron chi connectivity index (χ3n) is 3.25. The quantitative estimate of drug-likeness (QED) is 0.343. The Balaban J connectivity index is 1.90. The first kappa shape index (κ1) is 17.3. The second-order valence-corrected chi connectivity index (χ2v) is 11.4. The summed E-state index contributed by atoms with van der Waals surface area (Å²) in [5, 5.41) is 3.43. The van der Waals surface area contributed by atoms with Crippen molar-refractivity contribution in [2.45, 2.75) is 26.1 Å². The molecule has 0 unspecified atom stereocenters. The fourth-order valence-corrected chi connectivity index (χ4v) is 3.15. The topological polar surface area (TPSA) is 36.4 Å². The number of nitrogens with one attached hydrogen (secondary N) is 2. The summed E-state index contributed by atoms with van der Waals surface area (Å²) in [7, 11) is -1.42. The number of nitrogens with zero attached hydrogens (tertiary/aromatic N) is 1. The Bertz CT molecular complexity index is 604. The number of rotatable bonds is 7. The first-order chi connectivity index (χ1) is 11.0. The molecule has 0 spiro atoms. The Labute approximate surface area is 140 Å². The van der Waals surface area contributed by atoms with Crippen LogP contribution in [0.5, 0.6) is 0 Å². The minimum absolute atomic E-state index is 0.821. The molecule has 0 radical (unpaired) electrons. The number of benzene rings is 2. The molecule has 2 rings (SSSR count). The van der Waals surface area contributed by atoms with Crippen LogP contribution in [0.3, 0.4) is 0 Å². The average Bonchev–Trinajstić information content (AvgIpc) is 2.54. The van der Waals surface area contributed by atoms with Gasteiger partial charge in [-0.05, 0) is 18.6 Å². The van der Waals surface area contributed by atoms with E-state index in [4.69, 9.17) is 4.99 Å². The molecule has 3 nitrogen and oxygen atoms in total. The third-order valence-corrected chi connectivity index (χ3v) is 4.24. The van der Waals surface area contributed by atoms with Gasteiger partial charge < -0.3 is 10.3 Å². The summed E-state index contributed by atoms with van der Waals surface area (Å²) in [6.45, 7) is 8.64. The van der Waals surface area contributed by atoms with Crippen molar-refractivity contribution in [2.24, 2.45) is 4.99 Å². The predicted molar refractivity (Wildman–Crippen MR) is 104 cm³/mol. The highest BCUT2D eigenvalue weighted by molar-refractivity contribution is 6.76. The van der Waals surface area contributed by atoms with Crippen LogP contribution in [0, 0.1) is 0 Å². The van der Waals surface area contributed by atoms with Crippen LogP contribution in [-0.2, 0) is 0 Å². The molecule has 0 atom stereocenters. The zero-order chi connectivity index (χ0) is 16.5. The molecule has 122 valence electrons. The highest BCUT2D eigenvalue weighted by atomic mass is 28.3. The summed E-state index contributed by atoms with van der Waals surface area (Å²) in [6.07, 6.45) is 1.01. The molecule has 4 heteroatoms. The van der Waals surface area contributed by atoms with Crippen LogP contribution < -0.4 is 10.3 Å². The van der Waals surface area contributed by atoms with Crippen molar-refractivity contribution >= 4 is 19.8 Å². The van der Waals surface area contributed by atoms with E-state index in [0.717, 1.165) is 25.3 Å². The van der Waals surface area contributed by atoms with Crippen molar-refractivity contribution in [1.29, 1.82) is 0 Å². The first-order valence-corrected chi connectivity index (χ1v) is 11.7. The van der Waals surface area contributed by atoms with Crippen LogP contribution in [0.2, 0.25) is 19.6 Å². The van der Waals surface area contributed by atoms with Crippen LogP contribution in [0.15, 0.2) is 65.7 Å². The van der Waals surface area contributed by atoms with Gasteiger partial charge in [0.2, 0.25) is 0 Å². The first-order valence-electron chi connectivity index (χ1n) is 8.21. The highest BCUT2D eigenvalue weighted by Crippen LogP contribution is 2.06. The summed E-state index contributed by atoms with van der Waals surface area (Å²) in [5.74, 6) is 1.03. The number of para-hydroxylation sites is 1. The largest absolute Gasteiger partial charge is 0.396 e. The molecule has 0 saturated carbocycles. The smallest absolute Gasteiger partial charge is 0.145 e. The van der Waals surface area contributed by atoms with Gasteiger partial charge in [0.1, 0.15) is 14.1 Å². The van der Waals surface area contributed by atoms with E-state index in [-0.39, 0.29) is 0 Å². The lowest BCUT2D eigenvalue weighted by Crippen LogP contribution is -2.45. The normalized spacial score (nSPS) is 12.0. The van der Waals surface area contributed by atoms with Crippen molar-refractivity contribution in [2.75, 3.05) is 18.4 Å². The molecular weight excluding hydrogens is 298 g/mol. The van der Waals surface area contributed by atoms with Gasteiger partial charge in [-0.1, -0.05) is 68.2 Å². The summed E-state index contributed by atoms with van der Waals surface area (Å²) in [6, 6.07) is 20.7. The van der Waals surface area contributed by atoms with Crippen LogP contribution in [0.25, 0.3) is 0 Å². The van der Waals surface area contributed by atoms with Crippen molar-refractivity contribution in [1.82, 2.24) is 4.98 Å². The number of hydrogen-bond donors (Lipinski definition) is 2. The van der Waals surface area contributed by atoms with Gasteiger partial charge in [-0.3, -0.25) is 4.99 Å². The Morgan fingerprint density at radius 1 is 0.913 bits per heavy atom. The molecule has 23 heavy (non-hydrogen) atoms. The van der Waals surface area contributed by atoms with E-state index < -0.39 is 8.24 Å². The lowest BCUT2D eigenvalue weighted by atomic mass is 10.2. The molecule has 0 saturated heterocycles. The molecule has 0 heterocycles. The van der Waals surface area contributed by atoms with Gasteiger partial charge in [0.05, 0.1) is 0 Å². The van der Waals surface area contributed by atoms with E-state index in [1.54, 1.807) is 0 Å². The lowest BCUT2D eigenvalue weighted by Gasteiger charge is -2.21. The number of amidine groups is 1. The highest BCUT2D eigenvalue weighted by Gasteiger charge is 2.16. The van der Waals surface area contributed by atoms with Crippen LogP contribution in [0.1, 0.15) is 12.0 Å². The monoisotopic (exact) mass is 325 g/mol. The fourth-order valence-electron chi connectivity index (χ4n) is 2.21.